The number of hydrogen-bond acceptors (Lipinski definition) is 5. The van der Waals surface area contributed by atoms with Gasteiger partial charge in [-0.15, -0.1) is 0 Å². The highest BCUT2D eigenvalue weighted by Crippen LogP contribution is 2.32. The molecule has 1 aliphatic carbocycles. The van der Waals surface area contributed by atoms with Gasteiger partial charge in [0.05, 0.1) is 12.2 Å². The summed E-state index contributed by atoms with van der Waals surface area (Å²) < 4.78 is 15.8. The second-order valence-electron chi connectivity index (χ2n) is 8.47. The minimum Gasteiger partial charge on any atom is -0.367 e. The summed E-state index contributed by atoms with van der Waals surface area (Å²) in [6, 6.07) is 7.52. The van der Waals surface area contributed by atoms with Crippen molar-refractivity contribution in [3.8, 4) is 0 Å². The Hall–Kier alpha value is -3.49. The third-order valence-corrected chi connectivity index (χ3v) is 6.32. The molecule has 0 spiro atoms. The van der Waals surface area contributed by atoms with Crippen molar-refractivity contribution in [3.63, 3.8) is 0 Å². The summed E-state index contributed by atoms with van der Waals surface area (Å²) in [5.41, 5.74) is 0.789. The Bertz CT molecular complexity index is 1300. The first-order chi connectivity index (χ1) is 15.4. The minimum atomic E-state index is -0.476. The van der Waals surface area contributed by atoms with E-state index in [1.54, 1.807) is 31.4 Å². The summed E-state index contributed by atoms with van der Waals surface area (Å²) in [5.74, 6) is 0.0445. The van der Waals surface area contributed by atoms with Gasteiger partial charge in [-0.05, 0) is 36.6 Å². The van der Waals surface area contributed by atoms with E-state index in [1.807, 2.05) is 4.90 Å². The monoisotopic (exact) mass is 437 g/mol. The van der Waals surface area contributed by atoms with Gasteiger partial charge in [0, 0.05) is 45.3 Å². The molecule has 0 bridgehead atoms. The van der Waals surface area contributed by atoms with Crippen molar-refractivity contribution >= 4 is 22.6 Å². The molecule has 0 unspecified atom stereocenters. The average molecular weight is 437 g/mol. The maximum absolute atomic E-state index is 13.5. The Balaban J connectivity index is 1.52. The number of piperazine rings is 1. The van der Waals surface area contributed by atoms with Crippen LogP contribution in [-0.4, -0.2) is 51.1 Å². The molecule has 2 fully saturated rings. The molecule has 3 heterocycles. The predicted octanol–water partition coefficient (Wildman–Crippen LogP) is 1.34. The number of nitrogens with zero attached hydrogens (tertiary/aromatic N) is 5. The zero-order valence-corrected chi connectivity index (χ0v) is 17.8. The zero-order valence-electron chi connectivity index (χ0n) is 17.8. The first-order valence-corrected chi connectivity index (χ1v) is 10.8. The van der Waals surface area contributed by atoms with Gasteiger partial charge < -0.3 is 9.80 Å². The second kappa shape index (κ2) is 7.89. The van der Waals surface area contributed by atoms with Gasteiger partial charge in [0.15, 0.2) is 5.65 Å². The maximum Gasteiger partial charge on any atom is 0.332 e. The molecular formula is C23H24FN5O3. The van der Waals surface area contributed by atoms with Crippen molar-refractivity contribution in [2.75, 3.05) is 31.1 Å². The van der Waals surface area contributed by atoms with E-state index >= 15 is 0 Å². The lowest BCUT2D eigenvalue weighted by molar-refractivity contribution is -0.132. The van der Waals surface area contributed by atoms with Crippen molar-refractivity contribution in [1.29, 1.82) is 0 Å². The Morgan fingerprint density at radius 3 is 2.41 bits per heavy atom. The van der Waals surface area contributed by atoms with E-state index in [1.165, 1.54) is 16.7 Å². The van der Waals surface area contributed by atoms with Crippen LogP contribution in [0.15, 0.2) is 46.1 Å². The number of benzene rings is 1. The first-order valence-electron chi connectivity index (χ1n) is 10.8. The summed E-state index contributed by atoms with van der Waals surface area (Å²) in [6.45, 7) is 2.47. The van der Waals surface area contributed by atoms with E-state index < -0.39 is 11.2 Å². The number of carbonyl (C=O) groups is 1. The highest BCUT2D eigenvalue weighted by Gasteiger charge is 2.35. The standard InChI is InChI=1S/C23H24FN5O3/c1-26-20-19(22(31)29(23(26)32)14-15-2-6-17(24)7-3-15)18(8-9-25-20)27-10-12-28(13-11-27)21(30)16-4-5-16/h2-3,6-9,16H,4-5,10-14H2,1H3. The van der Waals surface area contributed by atoms with Crippen LogP contribution in [0.4, 0.5) is 10.1 Å². The van der Waals surface area contributed by atoms with Gasteiger partial charge in [-0.25, -0.2) is 14.2 Å². The van der Waals surface area contributed by atoms with Crippen LogP contribution < -0.4 is 16.1 Å². The molecule has 2 aliphatic rings. The van der Waals surface area contributed by atoms with Crippen LogP contribution in [0.3, 0.4) is 0 Å². The Morgan fingerprint density at radius 1 is 1.06 bits per heavy atom. The van der Waals surface area contributed by atoms with Gasteiger partial charge in [-0.1, -0.05) is 12.1 Å². The molecule has 2 aromatic heterocycles. The summed E-state index contributed by atoms with van der Waals surface area (Å²) in [5, 5.41) is 0.374. The number of fused-ring (bicyclic) bond motifs is 1. The fourth-order valence-electron chi connectivity index (χ4n) is 4.33. The average Bonchev–Trinajstić information content (AvgIpc) is 3.66. The largest absolute Gasteiger partial charge is 0.367 e. The molecule has 1 amide bonds. The molecule has 3 aromatic rings. The maximum atomic E-state index is 13.5. The predicted molar refractivity (Wildman–Crippen MR) is 118 cm³/mol. The quantitative estimate of drug-likeness (QED) is 0.616. The van der Waals surface area contributed by atoms with E-state index in [-0.39, 0.29) is 24.2 Å². The smallest absolute Gasteiger partial charge is 0.332 e. The first kappa shape index (κ1) is 20.4. The van der Waals surface area contributed by atoms with Crippen molar-refractivity contribution < 1.29 is 9.18 Å². The molecule has 8 nitrogen and oxygen atoms in total. The van der Waals surface area contributed by atoms with Crippen LogP contribution in [0.2, 0.25) is 0 Å². The van der Waals surface area contributed by atoms with Crippen LogP contribution in [0.5, 0.6) is 0 Å². The Morgan fingerprint density at radius 2 is 1.75 bits per heavy atom. The van der Waals surface area contributed by atoms with Crippen molar-refractivity contribution in [2.45, 2.75) is 19.4 Å². The van der Waals surface area contributed by atoms with Crippen LogP contribution in [0.1, 0.15) is 18.4 Å². The van der Waals surface area contributed by atoms with Crippen LogP contribution >= 0.6 is 0 Å². The summed E-state index contributed by atoms with van der Waals surface area (Å²) in [7, 11) is 1.59. The lowest BCUT2D eigenvalue weighted by Gasteiger charge is -2.36. The minimum absolute atomic E-state index is 0.0414. The molecule has 1 aromatic carbocycles. The summed E-state index contributed by atoms with van der Waals surface area (Å²) in [6.07, 6.45) is 3.56. The summed E-state index contributed by atoms with van der Waals surface area (Å²) in [4.78, 5) is 47.0. The second-order valence-corrected chi connectivity index (χ2v) is 8.47. The van der Waals surface area contributed by atoms with E-state index in [0.717, 1.165) is 17.4 Å². The van der Waals surface area contributed by atoms with Gasteiger partial charge in [0.1, 0.15) is 11.2 Å². The topological polar surface area (TPSA) is 80.4 Å². The van der Waals surface area contributed by atoms with E-state index in [9.17, 15) is 18.8 Å². The van der Waals surface area contributed by atoms with Gasteiger partial charge in [0.25, 0.3) is 5.56 Å². The van der Waals surface area contributed by atoms with Crippen molar-refractivity contribution in [3.05, 3.63) is 68.7 Å². The van der Waals surface area contributed by atoms with Crippen molar-refractivity contribution in [2.24, 2.45) is 13.0 Å². The van der Waals surface area contributed by atoms with Crippen molar-refractivity contribution in [1.82, 2.24) is 19.0 Å². The SMILES string of the molecule is Cn1c(=O)n(Cc2ccc(F)cc2)c(=O)c2c(N3CCN(C(=O)C4CC4)CC3)ccnc21. The fourth-order valence-corrected chi connectivity index (χ4v) is 4.33. The number of pyridine rings is 1. The molecule has 0 radical (unpaired) electrons. The van der Waals surface area contributed by atoms with Gasteiger partial charge in [-0.3, -0.25) is 18.7 Å². The molecule has 0 atom stereocenters. The number of hydrogen-bond donors (Lipinski definition) is 0. The number of aromatic nitrogens is 3. The Labute approximate surface area is 183 Å². The molecule has 1 saturated heterocycles. The molecular weight excluding hydrogens is 413 g/mol. The molecule has 0 N–H and O–H groups in total. The lowest BCUT2D eigenvalue weighted by Crippen LogP contribution is -2.49. The number of carbonyl (C=O) groups excluding carboxylic acids is 1. The highest BCUT2D eigenvalue weighted by molar-refractivity contribution is 5.89. The third-order valence-electron chi connectivity index (χ3n) is 6.32. The van der Waals surface area contributed by atoms with E-state index in [2.05, 4.69) is 9.88 Å². The third kappa shape index (κ3) is 3.57. The van der Waals surface area contributed by atoms with Crippen LogP contribution in [-0.2, 0) is 18.4 Å². The fraction of sp³-hybridized carbons (Fsp3) is 0.391. The zero-order chi connectivity index (χ0) is 22.4. The number of halogens is 1. The molecule has 1 saturated carbocycles. The molecule has 1 aliphatic heterocycles. The van der Waals surface area contributed by atoms with Crippen LogP contribution in [0, 0.1) is 11.7 Å². The molecule has 9 heteroatoms. The highest BCUT2D eigenvalue weighted by atomic mass is 19.1. The van der Waals surface area contributed by atoms with Gasteiger partial charge in [-0.2, -0.15) is 0 Å². The van der Waals surface area contributed by atoms with E-state index in [4.69, 9.17) is 0 Å². The lowest BCUT2D eigenvalue weighted by atomic mass is 10.2. The van der Waals surface area contributed by atoms with E-state index in [0.29, 0.717) is 48.5 Å². The number of aryl methyl sites for hydroxylation is 1. The van der Waals surface area contributed by atoms with Gasteiger partial charge >= 0.3 is 5.69 Å². The molecule has 166 valence electrons. The number of anilines is 1. The normalized spacial score (nSPS) is 16.6. The van der Waals surface area contributed by atoms with Gasteiger partial charge in [0.2, 0.25) is 5.91 Å². The molecule has 5 rings (SSSR count). The number of amides is 1. The Kier molecular flexibility index (Phi) is 5.03. The summed E-state index contributed by atoms with van der Waals surface area (Å²) >= 11 is 0. The number of rotatable bonds is 4. The molecule has 32 heavy (non-hydrogen) atoms. The van der Waals surface area contributed by atoms with Crippen LogP contribution in [0.25, 0.3) is 11.0 Å².